The molecule has 2 fully saturated rings. The zero-order valence-corrected chi connectivity index (χ0v) is 14.1. The molecule has 0 unspecified atom stereocenters. The lowest BCUT2D eigenvalue weighted by Gasteiger charge is -2.55. The van der Waals surface area contributed by atoms with E-state index >= 15 is 0 Å². The third-order valence-electron chi connectivity index (χ3n) is 4.43. The Balaban J connectivity index is 1.73. The number of piperidine rings is 1. The molecule has 0 aliphatic carbocycles. The summed E-state index contributed by atoms with van der Waals surface area (Å²) in [4.78, 5) is 5.34. The number of hydrogen-bond acceptors (Lipinski definition) is 2. The van der Waals surface area contributed by atoms with Gasteiger partial charge in [0.2, 0.25) is 0 Å². The quantitative estimate of drug-likeness (QED) is 0.755. The highest BCUT2D eigenvalue weighted by atomic mass is 15.2. The van der Waals surface area contributed by atoms with Gasteiger partial charge in [0.05, 0.1) is 0 Å². The van der Waals surface area contributed by atoms with Crippen LogP contribution in [0.3, 0.4) is 0 Å². The zero-order chi connectivity index (χ0) is 14.3. The molecule has 0 saturated carbocycles. The first-order valence-electron chi connectivity index (χ1n) is 8.02. The lowest BCUT2D eigenvalue weighted by Crippen LogP contribution is -2.61. The average molecular weight is 266 g/mol. The molecule has 112 valence electrons. The topological polar surface area (TPSA) is 6.48 Å². The Morgan fingerprint density at radius 2 is 1.16 bits per heavy atom. The fourth-order valence-electron chi connectivity index (χ4n) is 3.86. The minimum absolute atomic E-state index is 0.447. The Morgan fingerprint density at radius 3 is 1.58 bits per heavy atom. The average Bonchev–Trinajstić information content (AvgIpc) is 2.14. The molecule has 0 aromatic rings. The van der Waals surface area contributed by atoms with Crippen molar-refractivity contribution in [3.05, 3.63) is 0 Å². The van der Waals surface area contributed by atoms with Crippen molar-refractivity contribution < 1.29 is 0 Å². The number of hydrogen-bond donors (Lipinski definition) is 0. The normalized spacial score (nSPS) is 25.6. The van der Waals surface area contributed by atoms with Crippen molar-refractivity contribution in [2.45, 2.75) is 54.4 Å². The fraction of sp³-hybridized carbons (Fsp3) is 1.00. The van der Waals surface area contributed by atoms with Gasteiger partial charge in [0.25, 0.3) is 0 Å². The minimum Gasteiger partial charge on any atom is -0.303 e. The van der Waals surface area contributed by atoms with E-state index in [2.05, 4.69) is 51.3 Å². The first kappa shape index (κ1) is 15.3. The maximum Gasteiger partial charge on any atom is 0.00517 e. The van der Waals surface area contributed by atoms with Crippen LogP contribution in [0.2, 0.25) is 0 Å². The van der Waals surface area contributed by atoms with Gasteiger partial charge in [-0.3, -0.25) is 0 Å². The number of likely N-dealkylation sites (tertiary alicyclic amines) is 2. The predicted octanol–water partition coefficient (Wildman–Crippen LogP) is 3.48. The molecule has 2 saturated heterocycles. The molecule has 2 aliphatic heterocycles. The van der Waals surface area contributed by atoms with Gasteiger partial charge in [0.1, 0.15) is 0 Å². The first-order valence-corrected chi connectivity index (χ1v) is 8.02. The van der Waals surface area contributed by atoms with Crippen LogP contribution in [0.1, 0.15) is 54.4 Å². The van der Waals surface area contributed by atoms with Crippen LogP contribution in [0.4, 0.5) is 0 Å². The van der Waals surface area contributed by atoms with Crippen molar-refractivity contribution in [1.29, 1.82) is 0 Å². The maximum absolute atomic E-state index is 2.68. The van der Waals surface area contributed by atoms with E-state index in [0.29, 0.717) is 16.2 Å². The summed E-state index contributed by atoms with van der Waals surface area (Å²) in [6, 6.07) is 0. The van der Waals surface area contributed by atoms with Gasteiger partial charge in [-0.15, -0.1) is 0 Å². The maximum atomic E-state index is 2.68. The summed E-state index contributed by atoms with van der Waals surface area (Å²) in [6.07, 6.45) is 2.84. The second-order valence-electron chi connectivity index (χ2n) is 9.54. The third-order valence-corrected chi connectivity index (χ3v) is 4.43. The largest absolute Gasteiger partial charge is 0.303 e. The Hall–Kier alpha value is -0.0800. The molecular formula is C17H34N2. The van der Waals surface area contributed by atoms with E-state index in [1.54, 1.807) is 0 Å². The lowest BCUT2D eigenvalue weighted by molar-refractivity contribution is -0.0629. The SMILES string of the molecule is CC(C)(C)CN1CCC2(CC1)CN(CC(C)(C)C)C2. The van der Waals surface area contributed by atoms with Crippen LogP contribution in [0.15, 0.2) is 0 Å². The highest BCUT2D eigenvalue weighted by Gasteiger charge is 2.45. The monoisotopic (exact) mass is 266 g/mol. The Bertz CT molecular complexity index is 292. The summed E-state index contributed by atoms with van der Waals surface area (Å²) in [5, 5.41) is 0. The molecule has 2 rings (SSSR count). The molecule has 1 spiro atoms. The van der Waals surface area contributed by atoms with Crippen molar-refractivity contribution in [3.63, 3.8) is 0 Å². The van der Waals surface area contributed by atoms with Crippen molar-refractivity contribution in [2.75, 3.05) is 39.3 Å². The second-order valence-corrected chi connectivity index (χ2v) is 9.54. The molecule has 0 amide bonds. The van der Waals surface area contributed by atoms with Crippen LogP contribution in [0, 0.1) is 16.2 Å². The molecule has 0 N–H and O–H groups in total. The minimum atomic E-state index is 0.447. The van der Waals surface area contributed by atoms with Crippen LogP contribution in [0.25, 0.3) is 0 Å². The molecule has 2 heterocycles. The summed E-state index contributed by atoms with van der Waals surface area (Å²) in [5.41, 5.74) is 1.58. The predicted molar refractivity (Wildman–Crippen MR) is 83.5 cm³/mol. The summed E-state index contributed by atoms with van der Waals surface area (Å²) in [6.45, 7) is 22.0. The van der Waals surface area contributed by atoms with Gasteiger partial charge in [0.15, 0.2) is 0 Å². The van der Waals surface area contributed by atoms with Crippen LogP contribution in [-0.2, 0) is 0 Å². The van der Waals surface area contributed by atoms with E-state index in [4.69, 9.17) is 0 Å². The first-order chi connectivity index (χ1) is 8.57. The van der Waals surface area contributed by atoms with Crippen molar-refractivity contribution in [2.24, 2.45) is 16.2 Å². The molecular weight excluding hydrogens is 232 g/mol. The molecule has 0 atom stereocenters. The van der Waals surface area contributed by atoms with Crippen molar-refractivity contribution >= 4 is 0 Å². The van der Waals surface area contributed by atoms with E-state index in [1.807, 2.05) is 0 Å². The molecule has 0 aromatic heterocycles. The standard InChI is InChI=1S/C17H34N2/c1-15(2,3)11-18-9-7-17(8-10-18)13-19(14-17)12-16(4,5)6/h7-14H2,1-6H3. The lowest BCUT2D eigenvalue weighted by atomic mass is 9.71. The summed E-state index contributed by atoms with van der Waals surface area (Å²) in [5.74, 6) is 0. The molecule has 0 aromatic carbocycles. The molecule has 19 heavy (non-hydrogen) atoms. The van der Waals surface area contributed by atoms with Gasteiger partial charge < -0.3 is 9.80 Å². The van der Waals surface area contributed by atoms with Crippen molar-refractivity contribution in [1.82, 2.24) is 9.80 Å². The highest BCUT2D eigenvalue weighted by Crippen LogP contribution is 2.41. The molecule has 0 radical (unpaired) electrons. The zero-order valence-electron chi connectivity index (χ0n) is 14.1. The summed E-state index contributed by atoms with van der Waals surface area (Å²) >= 11 is 0. The van der Waals surface area contributed by atoms with Gasteiger partial charge in [-0.1, -0.05) is 41.5 Å². The highest BCUT2D eigenvalue weighted by molar-refractivity contribution is 4.99. The van der Waals surface area contributed by atoms with E-state index in [0.717, 1.165) is 0 Å². The third kappa shape index (κ3) is 4.46. The van der Waals surface area contributed by atoms with Gasteiger partial charge in [0, 0.05) is 26.2 Å². The van der Waals surface area contributed by atoms with Gasteiger partial charge in [-0.25, -0.2) is 0 Å². The van der Waals surface area contributed by atoms with E-state index in [9.17, 15) is 0 Å². The van der Waals surface area contributed by atoms with Gasteiger partial charge in [-0.05, 0) is 42.2 Å². The smallest absolute Gasteiger partial charge is 0.00517 e. The Labute approximate surface area is 120 Å². The number of nitrogens with zero attached hydrogens (tertiary/aromatic N) is 2. The Morgan fingerprint density at radius 1 is 0.737 bits per heavy atom. The summed E-state index contributed by atoms with van der Waals surface area (Å²) < 4.78 is 0. The van der Waals surface area contributed by atoms with Crippen LogP contribution >= 0.6 is 0 Å². The van der Waals surface area contributed by atoms with Crippen LogP contribution in [-0.4, -0.2) is 49.1 Å². The van der Waals surface area contributed by atoms with Crippen LogP contribution in [0.5, 0.6) is 0 Å². The van der Waals surface area contributed by atoms with E-state index in [-0.39, 0.29) is 0 Å². The molecule has 2 nitrogen and oxygen atoms in total. The van der Waals surface area contributed by atoms with Gasteiger partial charge in [-0.2, -0.15) is 0 Å². The molecule has 2 heteroatoms. The number of rotatable bonds is 2. The summed E-state index contributed by atoms with van der Waals surface area (Å²) in [7, 11) is 0. The van der Waals surface area contributed by atoms with E-state index < -0.39 is 0 Å². The fourth-order valence-corrected chi connectivity index (χ4v) is 3.86. The van der Waals surface area contributed by atoms with E-state index in [1.165, 1.54) is 52.1 Å². The van der Waals surface area contributed by atoms with Gasteiger partial charge >= 0.3 is 0 Å². The van der Waals surface area contributed by atoms with Crippen LogP contribution < -0.4 is 0 Å². The second kappa shape index (κ2) is 5.04. The molecule has 0 bridgehead atoms. The van der Waals surface area contributed by atoms with Crippen molar-refractivity contribution in [3.8, 4) is 0 Å². The Kier molecular flexibility index (Phi) is 4.06. The molecule has 2 aliphatic rings.